The highest BCUT2D eigenvalue weighted by molar-refractivity contribution is 5.82. The number of carbonyl (C=O) groups is 1. The highest BCUT2D eigenvalue weighted by atomic mass is 16.5. The van der Waals surface area contributed by atoms with Crippen LogP contribution in [0.25, 0.3) is 0 Å². The molecule has 1 N–H and O–H groups in total. The van der Waals surface area contributed by atoms with Gasteiger partial charge in [0.05, 0.1) is 18.8 Å². The molecule has 5 nitrogen and oxygen atoms in total. The molecule has 31 heavy (non-hydrogen) atoms. The number of aromatic amines is 1. The Morgan fingerprint density at radius 1 is 1.13 bits per heavy atom. The van der Waals surface area contributed by atoms with Crippen molar-refractivity contribution in [3.8, 4) is 0 Å². The molecule has 0 spiro atoms. The van der Waals surface area contributed by atoms with Gasteiger partial charge < -0.3 is 9.64 Å². The largest absolute Gasteiger partial charge is 0.376 e. The molecule has 2 aliphatic carbocycles. The molecule has 3 aliphatic rings. The molecule has 1 saturated heterocycles. The Morgan fingerprint density at radius 2 is 1.90 bits per heavy atom. The quantitative estimate of drug-likeness (QED) is 0.723. The number of piperidine rings is 1. The van der Waals surface area contributed by atoms with E-state index in [-0.39, 0.29) is 17.9 Å². The van der Waals surface area contributed by atoms with Crippen molar-refractivity contribution >= 4 is 5.91 Å². The van der Waals surface area contributed by atoms with Crippen molar-refractivity contribution in [3.05, 3.63) is 53.9 Å². The first-order valence-corrected chi connectivity index (χ1v) is 12.2. The SMILES string of the molecule is C[C@@H]1C[C@H]1C(=O)N1CCCC(c2ccn[nH]2)C1COC1CCC(c2ccccc2)CC1. The maximum atomic E-state index is 13.2. The zero-order valence-corrected chi connectivity index (χ0v) is 18.6. The zero-order chi connectivity index (χ0) is 21.2. The lowest BCUT2D eigenvalue weighted by Crippen LogP contribution is -2.51. The van der Waals surface area contributed by atoms with E-state index < -0.39 is 0 Å². The molecule has 1 aliphatic heterocycles. The third-order valence-electron chi connectivity index (χ3n) is 7.86. The van der Waals surface area contributed by atoms with Crippen LogP contribution < -0.4 is 0 Å². The van der Waals surface area contributed by atoms with E-state index in [0.717, 1.165) is 44.3 Å². The number of aromatic nitrogens is 2. The standard InChI is InChI=1S/C26H35N3O2/c1-18-16-23(18)26(30)29-15-5-8-22(24-13-14-27-28-24)25(29)17-31-21-11-9-20(10-12-21)19-6-3-2-4-7-19/h2-4,6-7,13-14,18,20-23,25H,5,8-12,15-17H2,1H3,(H,27,28)/t18-,20?,21?,22?,23-,25?/m1/s1. The second-order valence-electron chi connectivity index (χ2n) is 9.90. The van der Waals surface area contributed by atoms with Crippen LogP contribution >= 0.6 is 0 Å². The first-order valence-electron chi connectivity index (χ1n) is 12.2. The van der Waals surface area contributed by atoms with Crippen LogP contribution in [-0.4, -0.2) is 46.3 Å². The number of carbonyl (C=O) groups excluding carboxylic acids is 1. The van der Waals surface area contributed by atoms with E-state index in [4.69, 9.17) is 4.74 Å². The Morgan fingerprint density at radius 3 is 2.58 bits per heavy atom. The third kappa shape index (κ3) is 4.57. The van der Waals surface area contributed by atoms with E-state index in [1.807, 2.05) is 6.20 Å². The molecule has 4 atom stereocenters. The van der Waals surface area contributed by atoms with Crippen LogP contribution in [-0.2, 0) is 9.53 Å². The van der Waals surface area contributed by atoms with Crippen LogP contribution in [0.4, 0.5) is 0 Å². The van der Waals surface area contributed by atoms with Gasteiger partial charge in [0, 0.05) is 30.3 Å². The number of nitrogens with zero attached hydrogens (tertiary/aromatic N) is 2. The molecule has 2 saturated carbocycles. The molecule has 1 aromatic carbocycles. The number of likely N-dealkylation sites (tertiary alicyclic amines) is 1. The lowest BCUT2D eigenvalue weighted by molar-refractivity contribution is -0.140. The number of hydrogen-bond donors (Lipinski definition) is 1. The molecule has 3 fully saturated rings. The number of H-pyrrole nitrogens is 1. The fraction of sp³-hybridized carbons (Fsp3) is 0.615. The lowest BCUT2D eigenvalue weighted by Gasteiger charge is -2.42. The van der Waals surface area contributed by atoms with Gasteiger partial charge in [-0.25, -0.2) is 0 Å². The highest BCUT2D eigenvalue weighted by Crippen LogP contribution is 2.42. The molecule has 166 valence electrons. The first kappa shape index (κ1) is 20.7. The summed E-state index contributed by atoms with van der Waals surface area (Å²) >= 11 is 0. The number of benzene rings is 1. The van der Waals surface area contributed by atoms with Gasteiger partial charge in [-0.05, 0) is 68.4 Å². The van der Waals surface area contributed by atoms with Crippen LogP contribution in [0.3, 0.4) is 0 Å². The molecule has 2 unspecified atom stereocenters. The summed E-state index contributed by atoms with van der Waals surface area (Å²) in [6, 6.07) is 13.1. The van der Waals surface area contributed by atoms with E-state index in [9.17, 15) is 4.79 Å². The second kappa shape index (κ2) is 9.15. The smallest absolute Gasteiger partial charge is 0.226 e. The van der Waals surface area contributed by atoms with Crippen LogP contribution in [0, 0.1) is 11.8 Å². The van der Waals surface area contributed by atoms with Gasteiger partial charge in [-0.1, -0.05) is 37.3 Å². The van der Waals surface area contributed by atoms with Crippen molar-refractivity contribution < 1.29 is 9.53 Å². The van der Waals surface area contributed by atoms with Crippen LogP contribution in [0.1, 0.15) is 75.0 Å². The minimum atomic E-state index is 0.112. The molecule has 2 aromatic rings. The molecular weight excluding hydrogens is 386 g/mol. The Bertz CT molecular complexity index is 845. The van der Waals surface area contributed by atoms with E-state index in [0.29, 0.717) is 30.5 Å². The van der Waals surface area contributed by atoms with Gasteiger partial charge in [0.15, 0.2) is 0 Å². The van der Waals surface area contributed by atoms with Crippen LogP contribution in [0.5, 0.6) is 0 Å². The van der Waals surface area contributed by atoms with Gasteiger partial charge in [-0.15, -0.1) is 0 Å². The predicted molar refractivity (Wildman–Crippen MR) is 121 cm³/mol. The number of rotatable bonds is 6. The predicted octanol–water partition coefficient (Wildman–Crippen LogP) is 4.88. The average Bonchev–Trinajstić information content (AvgIpc) is 3.31. The molecule has 1 amide bonds. The second-order valence-corrected chi connectivity index (χ2v) is 9.90. The summed E-state index contributed by atoms with van der Waals surface area (Å²) in [6.07, 6.45) is 9.89. The van der Waals surface area contributed by atoms with Crippen molar-refractivity contribution in [2.24, 2.45) is 11.8 Å². The van der Waals surface area contributed by atoms with E-state index in [1.54, 1.807) is 0 Å². The molecular formula is C26H35N3O2. The minimum absolute atomic E-state index is 0.112. The summed E-state index contributed by atoms with van der Waals surface area (Å²) in [6.45, 7) is 3.69. The van der Waals surface area contributed by atoms with Crippen molar-refractivity contribution in [3.63, 3.8) is 0 Å². The Balaban J connectivity index is 1.23. The highest BCUT2D eigenvalue weighted by Gasteiger charge is 2.46. The van der Waals surface area contributed by atoms with Gasteiger partial charge in [-0.2, -0.15) is 5.10 Å². The number of ether oxygens (including phenoxy) is 1. The molecule has 0 bridgehead atoms. The van der Waals surface area contributed by atoms with Gasteiger partial charge in [0.2, 0.25) is 5.91 Å². The fourth-order valence-electron chi connectivity index (χ4n) is 5.77. The zero-order valence-electron chi connectivity index (χ0n) is 18.6. The maximum absolute atomic E-state index is 13.2. The molecule has 2 heterocycles. The number of nitrogens with one attached hydrogen (secondary N) is 1. The summed E-state index contributed by atoms with van der Waals surface area (Å²) in [5.41, 5.74) is 2.60. The van der Waals surface area contributed by atoms with E-state index in [2.05, 4.69) is 58.4 Å². The minimum Gasteiger partial charge on any atom is -0.376 e. The van der Waals surface area contributed by atoms with Crippen molar-refractivity contribution in [1.82, 2.24) is 15.1 Å². The molecule has 5 rings (SSSR count). The number of hydrogen-bond acceptors (Lipinski definition) is 3. The summed E-state index contributed by atoms with van der Waals surface area (Å²) in [5, 5.41) is 7.35. The van der Waals surface area contributed by atoms with Crippen LogP contribution in [0.2, 0.25) is 0 Å². The molecule has 1 aromatic heterocycles. The normalized spacial score (nSPS) is 33.3. The topological polar surface area (TPSA) is 58.2 Å². The lowest BCUT2D eigenvalue weighted by atomic mass is 9.82. The van der Waals surface area contributed by atoms with Gasteiger partial charge >= 0.3 is 0 Å². The summed E-state index contributed by atoms with van der Waals surface area (Å²) in [5.74, 6) is 2.05. The summed E-state index contributed by atoms with van der Waals surface area (Å²) < 4.78 is 6.51. The average molecular weight is 422 g/mol. The van der Waals surface area contributed by atoms with Gasteiger partial charge in [-0.3, -0.25) is 9.89 Å². The Hall–Kier alpha value is -2.14. The Kier molecular flexibility index (Phi) is 6.13. The van der Waals surface area contributed by atoms with Crippen molar-refractivity contribution in [2.75, 3.05) is 13.2 Å². The third-order valence-corrected chi connectivity index (χ3v) is 7.86. The maximum Gasteiger partial charge on any atom is 0.226 e. The number of amides is 1. The summed E-state index contributed by atoms with van der Waals surface area (Å²) in [4.78, 5) is 15.3. The molecule has 5 heteroatoms. The first-order chi connectivity index (χ1) is 15.2. The Labute approximate surface area is 185 Å². The molecule has 0 radical (unpaired) electrons. The van der Waals surface area contributed by atoms with Crippen molar-refractivity contribution in [2.45, 2.75) is 75.9 Å². The van der Waals surface area contributed by atoms with E-state index >= 15 is 0 Å². The monoisotopic (exact) mass is 421 g/mol. The van der Waals surface area contributed by atoms with Crippen molar-refractivity contribution in [1.29, 1.82) is 0 Å². The van der Waals surface area contributed by atoms with E-state index in [1.165, 1.54) is 18.4 Å². The van der Waals surface area contributed by atoms with Gasteiger partial charge in [0.25, 0.3) is 0 Å². The summed E-state index contributed by atoms with van der Waals surface area (Å²) in [7, 11) is 0. The fourth-order valence-corrected chi connectivity index (χ4v) is 5.77. The van der Waals surface area contributed by atoms with Crippen LogP contribution in [0.15, 0.2) is 42.6 Å². The van der Waals surface area contributed by atoms with Gasteiger partial charge in [0.1, 0.15) is 0 Å².